The number of aromatic nitrogens is 2. The van der Waals surface area contributed by atoms with Gasteiger partial charge in [0.1, 0.15) is 5.82 Å². The number of likely N-dealkylation sites (tertiary alicyclic amines) is 1. The first-order valence-corrected chi connectivity index (χ1v) is 11.7. The van der Waals surface area contributed by atoms with Gasteiger partial charge in [0.15, 0.2) is 5.56 Å². The predicted molar refractivity (Wildman–Crippen MR) is 129 cm³/mol. The Bertz CT molecular complexity index is 1160. The summed E-state index contributed by atoms with van der Waals surface area (Å²) in [5.41, 5.74) is 1.27. The summed E-state index contributed by atoms with van der Waals surface area (Å²) in [7, 11) is 0. The van der Waals surface area contributed by atoms with Crippen LogP contribution in [0.2, 0.25) is 0 Å². The second kappa shape index (κ2) is 10.0. The number of aromatic hydroxyl groups is 1. The van der Waals surface area contributed by atoms with Crippen LogP contribution in [0.4, 0.5) is 0 Å². The molecule has 1 N–H and O–H groups in total. The molecule has 2 heterocycles. The number of carbonyl (C=O) groups excluding carboxylic acids is 1. The number of hydrogen-bond acceptors (Lipinski definition) is 4. The molecule has 0 radical (unpaired) electrons. The molecule has 0 aliphatic carbocycles. The van der Waals surface area contributed by atoms with Gasteiger partial charge in [-0.2, -0.15) is 4.98 Å². The maximum Gasteiger partial charge on any atom is 0.289 e. The standard InChI is InChI=1S/C27H31N3O3/c1-3-4-15-23-28-25(31)24(27(33)30(23)19(2)20-11-7-5-8-12-20)26(32)29-17-16-22(18-29)21-13-9-6-10-14-21/h5-14,19,22,33H,3-4,15-18H2,1-2H3/t19-,22-/m0/s1. The fourth-order valence-electron chi connectivity index (χ4n) is 4.65. The van der Waals surface area contributed by atoms with Crippen molar-refractivity contribution in [3.05, 3.63) is 93.5 Å². The van der Waals surface area contributed by atoms with Crippen LogP contribution < -0.4 is 5.56 Å². The molecule has 6 heteroatoms. The molecule has 4 rings (SSSR count). The van der Waals surface area contributed by atoms with E-state index < -0.39 is 11.5 Å². The van der Waals surface area contributed by atoms with Crippen LogP contribution in [0.1, 0.15) is 72.4 Å². The Morgan fingerprint density at radius 1 is 1.12 bits per heavy atom. The van der Waals surface area contributed by atoms with E-state index in [4.69, 9.17) is 0 Å². The van der Waals surface area contributed by atoms with Gasteiger partial charge in [-0.05, 0) is 30.9 Å². The first-order valence-electron chi connectivity index (χ1n) is 11.7. The van der Waals surface area contributed by atoms with E-state index in [1.54, 1.807) is 9.47 Å². The van der Waals surface area contributed by atoms with Crippen LogP contribution in [0.15, 0.2) is 65.5 Å². The number of nitrogens with zero attached hydrogens (tertiary/aromatic N) is 3. The molecule has 172 valence electrons. The molecule has 1 aliphatic rings. The second-order valence-electron chi connectivity index (χ2n) is 8.74. The quantitative estimate of drug-likeness (QED) is 0.580. The Morgan fingerprint density at radius 3 is 2.45 bits per heavy atom. The molecule has 0 spiro atoms. The summed E-state index contributed by atoms with van der Waals surface area (Å²) in [6, 6.07) is 19.6. The number of unbranched alkanes of at least 4 members (excludes halogenated alkanes) is 1. The fourth-order valence-corrected chi connectivity index (χ4v) is 4.65. The van der Waals surface area contributed by atoms with E-state index in [-0.39, 0.29) is 23.4 Å². The van der Waals surface area contributed by atoms with E-state index in [2.05, 4.69) is 24.0 Å². The van der Waals surface area contributed by atoms with Crippen molar-refractivity contribution < 1.29 is 9.90 Å². The van der Waals surface area contributed by atoms with Crippen molar-refractivity contribution in [1.82, 2.24) is 14.5 Å². The molecule has 33 heavy (non-hydrogen) atoms. The monoisotopic (exact) mass is 445 g/mol. The molecule has 1 amide bonds. The predicted octanol–water partition coefficient (Wildman–Crippen LogP) is 4.53. The molecule has 0 unspecified atom stereocenters. The average molecular weight is 446 g/mol. The highest BCUT2D eigenvalue weighted by molar-refractivity contribution is 5.96. The molecule has 6 nitrogen and oxygen atoms in total. The van der Waals surface area contributed by atoms with Gasteiger partial charge in [-0.1, -0.05) is 74.0 Å². The highest BCUT2D eigenvalue weighted by Crippen LogP contribution is 2.31. The van der Waals surface area contributed by atoms with Gasteiger partial charge in [0.05, 0.1) is 6.04 Å². The van der Waals surface area contributed by atoms with E-state index >= 15 is 0 Å². The van der Waals surface area contributed by atoms with Crippen molar-refractivity contribution in [3.8, 4) is 5.88 Å². The minimum Gasteiger partial charge on any atom is -0.494 e. The first-order chi connectivity index (χ1) is 16.0. The Hall–Kier alpha value is -3.41. The van der Waals surface area contributed by atoms with Crippen molar-refractivity contribution >= 4 is 5.91 Å². The van der Waals surface area contributed by atoms with Gasteiger partial charge in [-0.25, -0.2) is 0 Å². The summed E-state index contributed by atoms with van der Waals surface area (Å²) in [5, 5.41) is 11.3. The lowest BCUT2D eigenvalue weighted by Crippen LogP contribution is -2.35. The number of hydrogen-bond donors (Lipinski definition) is 1. The van der Waals surface area contributed by atoms with Crippen molar-refractivity contribution in [2.24, 2.45) is 0 Å². The minimum absolute atomic E-state index is 0.222. The van der Waals surface area contributed by atoms with Crippen LogP contribution in [0, 0.1) is 0 Å². The molecule has 1 fully saturated rings. The summed E-state index contributed by atoms with van der Waals surface area (Å²) in [6.45, 7) is 5.08. The Kier molecular flexibility index (Phi) is 6.92. The fraction of sp³-hybridized carbons (Fsp3) is 0.370. The summed E-state index contributed by atoms with van der Waals surface area (Å²) in [5.74, 6) is 0.000450. The molecule has 1 aromatic heterocycles. The van der Waals surface area contributed by atoms with E-state index in [0.717, 1.165) is 24.8 Å². The lowest BCUT2D eigenvalue weighted by atomic mass is 9.99. The van der Waals surface area contributed by atoms with Crippen molar-refractivity contribution in [3.63, 3.8) is 0 Å². The number of rotatable bonds is 7. The maximum atomic E-state index is 13.4. The van der Waals surface area contributed by atoms with E-state index in [9.17, 15) is 14.7 Å². The van der Waals surface area contributed by atoms with Crippen LogP contribution in [0.25, 0.3) is 0 Å². The Morgan fingerprint density at radius 2 is 1.79 bits per heavy atom. The molecule has 0 bridgehead atoms. The van der Waals surface area contributed by atoms with Crippen LogP contribution in [-0.2, 0) is 6.42 Å². The van der Waals surface area contributed by atoms with Gasteiger partial charge in [-0.15, -0.1) is 0 Å². The highest BCUT2D eigenvalue weighted by Gasteiger charge is 2.33. The number of amides is 1. The van der Waals surface area contributed by atoms with Gasteiger partial charge in [0.2, 0.25) is 5.88 Å². The topological polar surface area (TPSA) is 75.4 Å². The Balaban J connectivity index is 1.70. The number of carbonyl (C=O) groups is 1. The minimum atomic E-state index is -0.650. The third-order valence-corrected chi connectivity index (χ3v) is 6.56. The zero-order valence-corrected chi connectivity index (χ0v) is 19.3. The maximum absolute atomic E-state index is 13.4. The SMILES string of the molecule is CCCCc1nc(=O)c(C(=O)N2CC[C@H](c3ccccc3)C2)c(O)n1[C@@H](C)c1ccccc1. The van der Waals surface area contributed by atoms with Crippen molar-refractivity contribution in [2.45, 2.75) is 51.5 Å². The summed E-state index contributed by atoms with van der Waals surface area (Å²) >= 11 is 0. The van der Waals surface area contributed by atoms with Gasteiger partial charge < -0.3 is 10.0 Å². The Labute approximate surface area is 194 Å². The summed E-state index contributed by atoms with van der Waals surface area (Å²) in [6.07, 6.45) is 3.16. The van der Waals surface area contributed by atoms with E-state index in [1.807, 2.05) is 55.5 Å². The molecule has 2 atom stereocenters. The first kappa shape index (κ1) is 22.8. The molecular weight excluding hydrogens is 414 g/mol. The van der Waals surface area contributed by atoms with Crippen LogP contribution in [0.3, 0.4) is 0 Å². The molecule has 1 aliphatic heterocycles. The second-order valence-corrected chi connectivity index (χ2v) is 8.74. The third kappa shape index (κ3) is 4.70. The van der Waals surface area contributed by atoms with Gasteiger partial charge >= 0.3 is 0 Å². The van der Waals surface area contributed by atoms with E-state index in [1.165, 1.54) is 5.56 Å². The zero-order chi connectivity index (χ0) is 23.4. The normalized spacial score (nSPS) is 16.7. The zero-order valence-electron chi connectivity index (χ0n) is 19.3. The number of benzene rings is 2. The van der Waals surface area contributed by atoms with Gasteiger partial charge in [0.25, 0.3) is 11.5 Å². The molecular formula is C27H31N3O3. The lowest BCUT2D eigenvalue weighted by molar-refractivity contribution is 0.0783. The average Bonchev–Trinajstić information content (AvgIpc) is 3.34. The molecule has 0 saturated carbocycles. The van der Waals surface area contributed by atoms with E-state index in [0.29, 0.717) is 25.3 Å². The van der Waals surface area contributed by atoms with Crippen molar-refractivity contribution in [1.29, 1.82) is 0 Å². The molecule has 1 saturated heterocycles. The van der Waals surface area contributed by atoms with Crippen LogP contribution >= 0.6 is 0 Å². The molecule has 3 aromatic rings. The third-order valence-electron chi connectivity index (χ3n) is 6.56. The smallest absolute Gasteiger partial charge is 0.289 e. The summed E-state index contributed by atoms with van der Waals surface area (Å²) in [4.78, 5) is 32.3. The highest BCUT2D eigenvalue weighted by atomic mass is 16.3. The van der Waals surface area contributed by atoms with Crippen molar-refractivity contribution in [2.75, 3.05) is 13.1 Å². The largest absolute Gasteiger partial charge is 0.494 e. The van der Waals surface area contributed by atoms with Crippen LogP contribution in [-0.4, -0.2) is 38.6 Å². The van der Waals surface area contributed by atoms with Gasteiger partial charge in [-0.3, -0.25) is 14.2 Å². The van der Waals surface area contributed by atoms with Crippen LogP contribution in [0.5, 0.6) is 5.88 Å². The lowest BCUT2D eigenvalue weighted by Gasteiger charge is -2.24. The number of aryl methyl sites for hydroxylation is 1. The molecule has 2 aromatic carbocycles. The summed E-state index contributed by atoms with van der Waals surface area (Å²) < 4.78 is 1.66. The van der Waals surface area contributed by atoms with Gasteiger partial charge in [0, 0.05) is 25.4 Å².